The van der Waals surface area contributed by atoms with E-state index in [0.717, 1.165) is 44.3 Å². The largest absolute Gasteiger partial charge is 0.342 e. The summed E-state index contributed by atoms with van der Waals surface area (Å²) in [6.07, 6.45) is 7.79. The number of carbonyl (C=O) groups is 2. The molecule has 0 N–H and O–H groups in total. The normalized spacial score (nSPS) is 18.3. The molecule has 2 aromatic rings. The zero-order valence-electron chi connectivity index (χ0n) is 17.1. The lowest BCUT2D eigenvalue weighted by atomic mass is 9.72. The summed E-state index contributed by atoms with van der Waals surface area (Å²) in [5.41, 5.74) is 2.45. The Balaban J connectivity index is 1.35. The molecule has 2 aliphatic rings. The first kappa shape index (κ1) is 20.1. The summed E-state index contributed by atoms with van der Waals surface area (Å²) in [7, 11) is 0. The number of aromatic nitrogens is 1. The van der Waals surface area contributed by atoms with Crippen molar-refractivity contribution in [3.05, 3.63) is 65.5 Å². The van der Waals surface area contributed by atoms with Gasteiger partial charge in [0.15, 0.2) is 0 Å². The molecule has 2 saturated heterocycles. The van der Waals surface area contributed by atoms with E-state index < -0.39 is 0 Å². The maximum absolute atomic E-state index is 12.8. The molecule has 0 unspecified atom stereocenters. The number of carbonyl (C=O) groups excluding carboxylic acids is 2. The van der Waals surface area contributed by atoms with Gasteiger partial charge < -0.3 is 9.80 Å². The summed E-state index contributed by atoms with van der Waals surface area (Å²) in [6, 6.07) is 12.9. The maximum Gasteiger partial charge on any atom is 0.253 e. The standard InChI is InChI=1S/C24H26N4O2/c25-16-19-3-5-21(6-4-19)23(30)27-14-10-24(11-15-27)9-7-22(29)28(18-24)13-8-20-2-1-12-26-17-20/h1-6,12,17H,7-11,13-15,18H2. The molecule has 6 heteroatoms. The molecule has 2 aliphatic heterocycles. The van der Waals surface area contributed by atoms with Gasteiger partial charge in [-0.25, -0.2) is 0 Å². The maximum atomic E-state index is 12.8. The molecule has 0 atom stereocenters. The Kier molecular flexibility index (Phi) is 5.80. The Hall–Kier alpha value is -3.20. The van der Waals surface area contributed by atoms with Gasteiger partial charge in [0.1, 0.15) is 0 Å². The van der Waals surface area contributed by atoms with Crippen molar-refractivity contribution in [1.82, 2.24) is 14.8 Å². The summed E-state index contributed by atoms with van der Waals surface area (Å²) in [5, 5.41) is 8.92. The minimum atomic E-state index is 0.0228. The number of amides is 2. The third-order valence-electron chi connectivity index (χ3n) is 6.51. The molecular formula is C24H26N4O2. The van der Waals surface area contributed by atoms with Crippen molar-refractivity contribution in [3.8, 4) is 6.07 Å². The van der Waals surface area contributed by atoms with Crippen molar-refractivity contribution in [2.24, 2.45) is 5.41 Å². The smallest absolute Gasteiger partial charge is 0.253 e. The van der Waals surface area contributed by atoms with Crippen LogP contribution in [-0.4, -0.2) is 52.8 Å². The molecule has 0 bridgehead atoms. The highest BCUT2D eigenvalue weighted by atomic mass is 16.2. The molecule has 2 fully saturated rings. The van der Waals surface area contributed by atoms with Gasteiger partial charge in [0.25, 0.3) is 5.91 Å². The second-order valence-electron chi connectivity index (χ2n) is 8.41. The summed E-state index contributed by atoms with van der Waals surface area (Å²) < 4.78 is 0. The van der Waals surface area contributed by atoms with Crippen LogP contribution in [0.5, 0.6) is 0 Å². The molecule has 0 saturated carbocycles. The first-order valence-corrected chi connectivity index (χ1v) is 10.5. The minimum absolute atomic E-state index is 0.0228. The average Bonchev–Trinajstić information content (AvgIpc) is 2.81. The van der Waals surface area contributed by atoms with Crippen LogP contribution < -0.4 is 0 Å². The highest BCUT2D eigenvalue weighted by Crippen LogP contribution is 2.40. The fourth-order valence-corrected chi connectivity index (χ4v) is 4.58. The van der Waals surface area contributed by atoms with Gasteiger partial charge in [-0.3, -0.25) is 14.6 Å². The van der Waals surface area contributed by atoms with Crippen LogP contribution in [-0.2, 0) is 11.2 Å². The predicted molar refractivity (Wildman–Crippen MR) is 112 cm³/mol. The van der Waals surface area contributed by atoms with Crippen LogP contribution in [0.3, 0.4) is 0 Å². The summed E-state index contributed by atoms with van der Waals surface area (Å²) in [4.78, 5) is 33.4. The number of hydrogen-bond acceptors (Lipinski definition) is 4. The zero-order valence-corrected chi connectivity index (χ0v) is 17.1. The molecule has 3 heterocycles. The van der Waals surface area contributed by atoms with Gasteiger partial charge in [-0.2, -0.15) is 5.26 Å². The average molecular weight is 402 g/mol. The fourth-order valence-electron chi connectivity index (χ4n) is 4.58. The Labute approximate surface area is 177 Å². The lowest BCUT2D eigenvalue weighted by molar-refractivity contribution is -0.138. The monoisotopic (exact) mass is 402 g/mol. The molecule has 1 aromatic heterocycles. The van der Waals surface area contributed by atoms with E-state index in [9.17, 15) is 9.59 Å². The Morgan fingerprint density at radius 1 is 1.13 bits per heavy atom. The highest BCUT2D eigenvalue weighted by molar-refractivity contribution is 5.94. The van der Waals surface area contributed by atoms with Crippen LogP contribution >= 0.6 is 0 Å². The number of pyridine rings is 1. The van der Waals surface area contributed by atoms with Gasteiger partial charge in [0, 0.05) is 50.6 Å². The third kappa shape index (κ3) is 4.35. The molecule has 1 spiro atoms. The van der Waals surface area contributed by atoms with Crippen molar-refractivity contribution in [1.29, 1.82) is 5.26 Å². The van der Waals surface area contributed by atoms with Crippen molar-refractivity contribution in [2.45, 2.75) is 32.1 Å². The molecule has 2 amide bonds. The van der Waals surface area contributed by atoms with Crippen LogP contribution in [0.4, 0.5) is 0 Å². The van der Waals surface area contributed by atoms with Gasteiger partial charge in [-0.05, 0) is 67.0 Å². The predicted octanol–water partition coefficient (Wildman–Crippen LogP) is 3.04. The van der Waals surface area contributed by atoms with Crippen LogP contribution in [0.2, 0.25) is 0 Å². The van der Waals surface area contributed by atoms with Gasteiger partial charge in [0.2, 0.25) is 5.91 Å². The van der Waals surface area contributed by atoms with Crippen LogP contribution in [0.25, 0.3) is 0 Å². The fraction of sp³-hybridized carbons (Fsp3) is 0.417. The second kappa shape index (κ2) is 8.66. The van der Waals surface area contributed by atoms with E-state index in [1.54, 1.807) is 30.5 Å². The molecule has 0 aliphatic carbocycles. The van der Waals surface area contributed by atoms with Gasteiger partial charge in [-0.1, -0.05) is 6.07 Å². The Bertz CT molecular complexity index is 941. The van der Waals surface area contributed by atoms with E-state index in [-0.39, 0.29) is 17.2 Å². The van der Waals surface area contributed by atoms with Crippen LogP contribution in [0, 0.1) is 16.7 Å². The van der Waals surface area contributed by atoms with E-state index in [1.807, 2.05) is 28.1 Å². The van der Waals surface area contributed by atoms with Gasteiger partial charge in [0.05, 0.1) is 11.6 Å². The summed E-state index contributed by atoms with van der Waals surface area (Å²) in [5.74, 6) is 0.260. The van der Waals surface area contributed by atoms with Crippen molar-refractivity contribution in [2.75, 3.05) is 26.2 Å². The van der Waals surface area contributed by atoms with Crippen molar-refractivity contribution in [3.63, 3.8) is 0 Å². The number of piperidine rings is 2. The number of hydrogen-bond donors (Lipinski definition) is 0. The molecule has 30 heavy (non-hydrogen) atoms. The number of rotatable bonds is 4. The zero-order chi connectivity index (χ0) is 21.0. The first-order valence-electron chi connectivity index (χ1n) is 10.5. The Morgan fingerprint density at radius 2 is 1.90 bits per heavy atom. The first-order chi connectivity index (χ1) is 14.6. The third-order valence-corrected chi connectivity index (χ3v) is 6.51. The van der Waals surface area contributed by atoms with Crippen molar-refractivity contribution >= 4 is 11.8 Å². The molecule has 0 radical (unpaired) electrons. The number of likely N-dealkylation sites (tertiary alicyclic amines) is 2. The lowest BCUT2D eigenvalue weighted by Crippen LogP contribution is -2.52. The summed E-state index contributed by atoms with van der Waals surface area (Å²) in [6.45, 7) is 2.93. The van der Waals surface area contributed by atoms with Crippen LogP contribution in [0.15, 0.2) is 48.8 Å². The van der Waals surface area contributed by atoms with E-state index in [4.69, 9.17) is 5.26 Å². The van der Waals surface area contributed by atoms with E-state index in [0.29, 0.717) is 30.6 Å². The number of benzene rings is 1. The molecule has 4 rings (SSSR count). The van der Waals surface area contributed by atoms with E-state index >= 15 is 0 Å². The molecule has 154 valence electrons. The summed E-state index contributed by atoms with van der Waals surface area (Å²) >= 11 is 0. The lowest BCUT2D eigenvalue weighted by Gasteiger charge is -2.47. The van der Waals surface area contributed by atoms with E-state index in [2.05, 4.69) is 11.1 Å². The topological polar surface area (TPSA) is 77.3 Å². The number of nitrogens with zero attached hydrogens (tertiary/aromatic N) is 4. The second-order valence-corrected chi connectivity index (χ2v) is 8.41. The molecular weight excluding hydrogens is 376 g/mol. The Morgan fingerprint density at radius 3 is 2.57 bits per heavy atom. The number of nitriles is 1. The van der Waals surface area contributed by atoms with Gasteiger partial charge in [-0.15, -0.1) is 0 Å². The van der Waals surface area contributed by atoms with E-state index in [1.165, 1.54) is 0 Å². The van der Waals surface area contributed by atoms with Crippen molar-refractivity contribution < 1.29 is 9.59 Å². The van der Waals surface area contributed by atoms with Gasteiger partial charge >= 0.3 is 0 Å². The molecule has 6 nitrogen and oxygen atoms in total. The van der Waals surface area contributed by atoms with Crippen LogP contribution in [0.1, 0.15) is 47.2 Å². The quantitative estimate of drug-likeness (QED) is 0.788. The highest BCUT2D eigenvalue weighted by Gasteiger charge is 2.41. The SMILES string of the molecule is N#Cc1ccc(C(=O)N2CCC3(CCC(=O)N(CCc4cccnc4)C3)CC2)cc1. The molecule has 1 aromatic carbocycles. The minimum Gasteiger partial charge on any atom is -0.342 e.